The first-order valence-corrected chi connectivity index (χ1v) is 8.30. The third kappa shape index (κ3) is 4.81. The van der Waals surface area contributed by atoms with Gasteiger partial charge in [-0.1, -0.05) is 0 Å². The first-order valence-electron chi connectivity index (χ1n) is 7.01. The van der Waals surface area contributed by atoms with Crippen LogP contribution in [0, 0.1) is 5.82 Å². The van der Waals surface area contributed by atoms with Gasteiger partial charge in [-0.15, -0.1) is 0 Å². The minimum absolute atomic E-state index is 0.204. The van der Waals surface area contributed by atoms with Gasteiger partial charge in [0.1, 0.15) is 11.6 Å². The zero-order valence-electron chi connectivity index (χ0n) is 12.3. The lowest BCUT2D eigenvalue weighted by molar-refractivity contribution is 0.236. The second-order valence-electron chi connectivity index (χ2n) is 5.19. The van der Waals surface area contributed by atoms with Gasteiger partial charge < -0.3 is 15.4 Å². The summed E-state index contributed by atoms with van der Waals surface area (Å²) in [6, 6.07) is 4.45. The molecule has 21 heavy (non-hydrogen) atoms. The first-order chi connectivity index (χ1) is 10.1. The summed E-state index contributed by atoms with van der Waals surface area (Å²) < 4.78 is 18.3. The van der Waals surface area contributed by atoms with Crippen molar-refractivity contribution in [3.8, 4) is 5.75 Å². The molecule has 0 heterocycles. The SMILES string of the molecule is COc1cc(F)cc(CNC(=O)N[C@@H]2CC[C@@H](SC)C2)c1. The van der Waals surface area contributed by atoms with Crippen molar-refractivity contribution in [3.05, 3.63) is 29.6 Å². The number of hydrogen-bond acceptors (Lipinski definition) is 3. The standard InChI is InChI=1S/C15H21FN2O2S/c1-20-13-6-10(5-11(16)7-13)9-17-15(19)18-12-3-4-14(8-12)21-2/h5-7,12,14H,3-4,8-9H2,1-2H3,(H2,17,18,19)/t12-,14-/m1/s1. The Hall–Kier alpha value is -1.43. The number of hydrogen-bond donors (Lipinski definition) is 2. The minimum Gasteiger partial charge on any atom is -0.497 e. The molecule has 116 valence electrons. The Bertz CT molecular complexity index is 499. The van der Waals surface area contributed by atoms with E-state index in [9.17, 15) is 9.18 Å². The second kappa shape index (κ2) is 7.54. The lowest BCUT2D eigenvalue weighted by atomic mass is 10.2. The van der Waals surface area contributed by atoms with Crippen molar-refractivity contribution in [2.45, 2.75) is 37.1 Å². The zero-order valence-corrected chi connectivity index (χ0v) is 13.1. The fourth-order valence-corrected chi connectivity index (χ4v) is 3.34. The average Bonchev–Trinajstić information content (AvgIpc) is 2.92. The van der Waals surface area contributed by atoms with E-state index >= 15 is 0 Å². The van der Waals surface area contributed by atoms with Crippen molar-refractivity contribution in [2.24, 2.45) is 0 Å². The summed E-state index contributed by atoms with van der Waals surface area (Å²) in [4.78, 5) is 11.9. The number of ether oxygens (including phenoxy) is 1. The Morgan fingerprint density at radius 3 is 2.90 bits per heavy atom. The van der Waals surface area contributed by atoms with Gasteiger partial charge in [0.25, 0.3) is 0 Å². The Kier molecular flexibility index (Phi) is 5.73. The van der Waals surface area contributed by atoms with Crippen LogP contribution in [0.4, 0.5) is 9.18 Å². The highest BCUT2D eigenvalue weighted by atomic mass is 32.2. The Labute approximate surface area is 128 Å². The van der Waals surface area contributed by atoms with Crippen LogP contribution in [0.2, 0.25) is 0 Å². The molecular weight excluding hydrogens is 291 g/mol. The van der Waals surface area contributed by atoms with Crippen LogP contribution in [0.25, 0.3) is 0 Å². The van der Waals surface area contributed by atoms with Gasteiger partial charge in [0, 0.05) is 23.9 Å². The van der Waals surface area contributed by atoms with Crippen LogP contribution in [0.1, 0.15) is 24.8 Å². The largest absolute Gasteiger partial charge is 0.497 e. The summed E-state index contributed by atoms with van der Waals surface area (Å²) in [5.41, 5.74) is 0.676. The van der Waals surface area contributed by atoms with Gasteiger partial charge in [-0.3, -0.25) is 0 Å². The smallest absolute Gasteiger partial charge is 0.315 e. The fraction of sp³-hybridized carbons (Fsp3) is 0.533. The molecule has 1 saturated carbocycles. The molecule has 6 heteroatoms. The number of methoxy groups -OCH3 is 1. The quantitative estimate of drug-likeness (QED) is 0.879. The molecule has 0 spiro atoms. The lowest BCUT2D eigenvalue weighted by Crippen LogP contribution is -2.40. The van der Waals surface area contributed by atoms with E-state index in [2.05, 4.69) is 16.9 Å². The number of urea groups is 1. The number of amides is 2. The van der Waals surface area contributed by atoms with Crippen LogP contribution in [-0.4, -0.2) is 30.7 Å². The van der Waals surface area contributed by atoms with E-state index in [-0.39, 0.29) is 24.4 Å². The summed E-state index contributed by atoms with van der Waals surface area (Å²) in [5.74, 6) is 0.0796. The highest BCUT2D eigenvalue weighted by Gasteiger charge is 2.24. The second-order valence-corrected chi connectivity index (χ2v) is 6.33. The molecule has 1 aliphatic carbocycles. The van der Waals surface area contributed by atoms with E-state index in [1.54, 1.807) is 6.07 Å². The van der Waals surface area contributed by atoms with Crippen LogP contribution in [0.3, 0.4) is 0 Å². The molecule has 0 aromatic heterocycles. The number of rotatable bonds is 5. The maximum absolute atomic E-state index is 13.3. The number of nitrogens with one attached hydrogen (secondary N) is 2. The number of carbonyl (C=O) groups is 1. The van der Waals surface area contributed by atoms with E-state index in [1.807, 2.05) is 11.8 Å². The molecule has 0 unspecified atom stereocenters. The van der Waals surface area contributed by atoms with Gasteiger partial charge in [-0.25, -0.2) is 9.18 Å². The summed E-state index contributed by atoms with van der Waals surface area (Å²) in [5, 5.41) is 6.37. The monoisotopic (exact) mass is 312 g/mol. The molecule has 1 aliphatic rings. The van der Waals surface area contributed by atoms with E-state index in [1.165, 1.54) is 19.2 Å². The molecular formula is C15H21FN2O2S. The molecule has 1 aromatic rings. The normalized spacial score (nSPS) is 21.1. The number of thioether (sulfide) groups is 1. The van der Waals surface area contributed by atoms with Crippen LogP contribution in [-0.2, 0) is 6.54 Å². The van der Waals surface area contributed by atoms with E-state index in [0.29, 0.717) is 16.6 Å². The van der Waals surface area contributed by atoms with E-state index < -0.39 is 0 Å². The van der Waals surface area contributed by atoms with Crippen molar-refractivity contribution in [2.75, 3.05) is 13.4 Å². The van der Waals surface area contributed by atoms with Crippen molar-refractivity contribution in [1.29, 1.82) is 0 Å². The Morgan fingerprint density at radius 2 is 2.24 bits per heavy atom. The predicted octanol–water partition coefficient (Wildman–Crippen LogP) is 2.92. The van der Waals surface area contributed by atoms with Crippen molar-refractivity contribution >= 4 is 17.8 Å². The molecule has 2 atom stereocenters. The van der Waals surface area contributed by atoms with Gasteiger partial charge in [0.2, 0.25) is 0 Å². The third-order valence-electron chi connectivity index (χ3n) is 3.67. The molecule has 0 aliphatic heterocycles. The molecule has 1 aromatic carbocycles. The fourth-order valence-electron chi connectivity index (χ4n) is 2.54. The molecule has 2 N–H and O–H groups in total. The highest BCUT2D eigenvalue weighted by Crippen LogP contribution is 2.28. The summed E-state index contributed by atoms with van der Waals surface area (Å²) in [6.07, 6.45) is 5.28. The van der Waals surface area contributed by atoms with Crippen molar-refractivity contribution in [1.82, 2.24) is 10.6 Å². The summed E-state index contributed by atoms with van der Waals surface area (Å²) >= 11 is 1.85. The Balaban J connectivity index is 1.80. The lowest BCUT2D eigenvalue weighted by Gasteiger charge is -2.14. The van der Waals surface area contributed by atoms with E-state index in [0.717, 1.165) is 19.3 Å². The minimum atomic E-state index is -0.370. The van der Waals surface area contributed by atoms with Crippen LogP contribution < -0.4 is 15.4 Å². The van der Waals surface area contributed by atoms with E-state index in [4.69, 9.17) is 4.74 Å². The third-order valence-corrected chi connectivity index (χ3v) is 4.77. The molecule has 0 radical (unpaired) electrons. The predicted molar refractivity (Wildman–Crippen MR) is 83.3 cm³/mol. The topological polar surface area (TPSA) is 50.4 Å². The first kappa shape index (κ1) is 15.9. The molecule has 4 nitrogen and oxygen atoms in total. The molecule has 1 fully saturated rings. The maximum Gasteiger partial charge on any atom is 0.315 e. The molecule has 0 saturated heterocycles. The van der Waals surface area contributed by atoms with Crippen LogP contribution in [0.15, 0.2) is 18.2 Å². The summed E-state index contributed by atoms with van der Waals surface area (Å²) in [7, 11) is 1.49. The van der Waals surface area contributed by atoms with Crippen molar-refractivity contribution < 1.29 is 13.9 Å². The molecule has 2 rings (SSSR count). The van der Waals surface area contributed by atoms with Gasteiger partial charge in [0.05, 0.1) is 7.11 Å². The van der Waals surface area contributed by atoms with Crippen molar-refractivity contribution in [3.63, 3.8) is 0 Å². The van der Waals surface area contributed by atoms with Gasteiger partial charge >= 0.3 is 6.03 Å². The Morgan fingerprint density at radius 1 is 1.43 bits per heavy atom. The van der Waals surface area contributed by atoms with Gasteiger partial charge in [-0.2, -0.15) is 11.8 Å². The molecule has 0 bridgehead atoms. The van der Waals surface area contributed by atoms with Gasteiger partial charge in [0.15, 0.2) is 0 Å². The number of benzene rings is 1. The van der Waals surface area contributed by atoms with Gasteiger partial charge in [-0.05, 0) is 43.2 Å². The van der Waals surface area contributed by atoms with Crippen LogP contribution >= 0.6 is 11.8 Å². The number of carbonyl (C=O) groups excluding carboxylic acids is 1. The average molecular weight is 312 g/mol. The zero-order chi connectivity index (χ0) is 15.2. The van der Waals surface area contributed by atoms with Crippen LogP contribution in [0.5, 0.6) is 5.75 Å². The number of halogens is 1. The maximum atomic E-state index is 13.3. The molecule has 2 amide bonds. The highest BCUT2D eigenvalue weighted by molar-refractivity contribution is 7.99. The summed E-state index contributed by atoms with van der Waals surface area (Å²) in [6.45, 7) is 0.276.